The second-order valence-corrected chi connectivity index (χ2v) is 6.12. The zero-order valence-electron chi connectivity index (χ0n) is 12.3. The first-order chi connectivity index (χ1) is 9.76. The summed E-state index contributed by atoms with van der Waals surface area (Å²) in [5.74, 6) is 1.57. The number of aromatic nitrogens is 2. The summed E-state index contributed by atoms with van der Waals surface area (Å²) in [6.07, 6.45) is 7.52. The second kappa shape index (κ2) is 5.66. The molecule has 5 heteroatoms. The third-order valence-corrected chi connectivity index (χ3v) is 5.26. The number of anilines is 1. The molecule has 1 aromatic heterocycles. The van der Waals surface area contributed by atoms with Gasteiger partial charge < -0.3 is 10.6 Å². The van der Waals surface area contributed by atoms with Crippen LogP contribution in [0.2, 0.25) is 0 Å². The Balaban J connectivity index is 1.66. The van der Waals surface area contributed by atoms with E-state index in [1.807, 2.05) is 18.5 Å². The Morgan fingerprint density at radius 2 is 1.95 bits per heavy atom. The van der Waals surface area contributed by atoms with Gasteiger partial charge >= 0.3 is 0 Å². The van der Waals surface area contributed by atoms with Gasteiger partial charge in [0.2, 0.25) is 5.95 Å². The Morgan fingerprint density at radius 3 is 2.50 bits per heavy atom. The average Bonchev–Trinajstić information content (AvgIpc) is 2.90. The summed E-state index contributed by atoms with van der Waals surface area (Å²) in [6.45, 7) is 7.29. The summed E-state index contributed by atoms with van der Waals surface area (Å²) >= 11 is 0. The van der Waals surface area contributed by atoms with Crippen molar-refractivity contribution in [3.8, 4) is 0 Å². The van der Waals surface area contributed by atoms with Crippen molar-refractivity contribution in [1.29, 1.82) is 0 Å². The van der Waals surface area contributed by atoms with E-state index in [4.69, 9.17) is 5.73 Å². The van der Waals surface area contributed by atoms with Crippen LogP contribution in [0.15, 0.2) is 18.5 Å². The molecule has 2 fully saturated rings. The molecule has 1 aromatic rings. The highest BCUT2D eigenvalue weighted by Gasteiger charge is 2.44. The Hall–Kier alpha value is -1.20. The first-order valence-electron chi connectivity index (χ1n) is 7.73. The van der Waals surface area contributed by atoms with Crippen molar-refractivity contribution >= 4 is 5.95 Å². The monoisotopic (exact) mass is 275 g/mol. The topological polar surface area (TPSA) is 58.3 Å². The van der Waals surface area contributed by atoms with Gasteiger partial charge in [0.1, 0.15) is 0 Å². The van der Waals surface area contributed by atoms with Crippen molar-refractivity contribution in [3.05, 3.63) is 18.5 Å². The van der Waals surface area contributed by atoms with Crippen LogP contribution in [0.5, 0.6) is 0 Å². The molecule has 1 aliphatic carbocycles. The highest BCUT2D eigenvalue weighted by molar-refractivity contribution is 5.29. The van der Waals surface area contributed by atoms with E-state index in [0.717, 1.165) is 38.7 Å². The van der Waals surface area contributed by atoms with Crippen LogP contribution in [0.3, 0.4) is 0 Å². The molecule has 0 aromatic carbocycles. The van der Waals surface area contributed by atoms with Crippen LogP contribution in [0.1, 0.15) is 26.2 Å². The van der Waals surface area contributed by atoms with Gasteiger partial charge in [0.05, 0.1) is 0 Å². The zero-order valence-corrected chi connectivity index (χ0v) is 12.3. The lowest BCUT2D eigenvalue weighted by Gasteiger charge is -2.48. The lowest BCUT2D eigenvalue weighted by atomic mass is 9.86. The lowest BCUT2D eigenvalue weighted by Crippen LogP contribution is -2.61. The predicted octanol–water partition coefficient (Wildman–Crippen LogP) is 1.12. The van der Waals surface area contributed by atoms with Gasteiger partial charge in [0.25, 0.3) is 0 Å². The van der Waals surface area contributed by atoms with E-state index >= 15 is 0 Å². The molecule has 2 heterocycles. The van der Waals surface area contributed by atoms with Crippen molar-refractivity contribution < 1.29 is 0 Å². The second-order valence-electron chi connectivity index (χ2n) is 6.12. The molecule has 110 valence electrons. The van der Waals surface area contributed by atoms with Gasteiger partial charge in [-0.3, -0.25) is 4.90 Å². The molecule has 0 bridgehead atoms. The fourth-order valence-corrected chi connectivity index (χ4v) is 3.94. The van der Waals surface area contributed by atoms with Crippen LogP contribution in [0.25, 0.3) is 0 Å². The van der Waals surface area contributed by atoms with E-state index in [2.05, 4.69) is 26.7 Å². The van der Waals surface area contributed by atoms with Gasteiger partial charge in [0.15, 0.2) is 0 Å². The zero-order chi connectivity index (χ0) is 14.0. The molecule has 2 N–H and O–H groups in total. The quantitative estimate of drug-likeness (QED) is 0.895. The molecule has 2 atom stereocenters. The van der Waals surface area contributed by atoms with Crippen LogP contribution in [-0.2, 0) is 0 Å². The molecule has 5 nitrogen and oxygen atoms in total. The molecule has 2 unspecified atom stereocenters. The van der Waals surface area contributed by atoms with Crippen LogP contribution >= 0.6 is 0 Å². The van der Waals surface area contributed by atoms with Crippen molar-refractivity contribution in [1.82, 2.24) is 14.9 Å². The van der Waals surface area contributed by atoms with E-state index < -0.39 is 0 Å². The van der Waals surface area contributed by atoms with Crippen molar-refractivity contribution in [2.24, 2.45) is 11.7 Å². The molecule has 1 saturated carbocycles. The molecular weight excluding hydrogens is 250 g/mol. The molecule has 20 heavy (non-hydrogen) atoms. The highest BCUT2D eigenvalue weighted by atomic mass is 15.3. The van der Waals surface area contributed by atoms with Gasteiger partial charge in [-0.1, -0.05) is 13.3 Å². The summed E-state index contributed by atoms with van der Waals surface area (Å²) in [5.41, 5.74) is 6.40. The first-order valence-corrected chi connectivity index (χ1v) is 7.73. The third-order valence-electron chi connectivity index (χ3n) is 5.26. The van der Waals surface area contributed by atoms with Crippen molar-refractivity contribution in [2.75, 3.05) is 37.6 Å². The van der Waals surface area contributed by atoms with E-state index in [0.29, 0.717) is 5.92 Å². The van der Waals surface area contributed by atoms with E-state index in [9.17, 15) is 0 Å². The number of rotatable bonds is 3. The number of piperazine rings is 1. The van der Waals surface area contributed by atoms with Crippen LogP contribution < -0.4 is 10.6 Å². The van der Waals surface area contributed by atoms with Gasteiger partial charge in [-0.05, 0) is 24.8 Å². The Kier molecular flexibility index (Phi) is 3.89. The normalized spacial score (nSPS) is 31.7. The number of hydrogen-bond acceptors (Lipinski definition) is 5. The largest absolute Gasteiger partial charge is 0.338 e. The van der Waals surface area contributed by atoms with Crippen molar-refractivity contribution in [2.45, 2.75) is 31.7 Å². The predicted molar refractivity (Wildman–Crippen MR) is 80.6 cm³/mol. The summed E-state index contributed by atoms with van der Waals surface area (Å²) < 4.78 is 0. The minimum atomic E-state index is 0.240. The molecule has 0 spiro atoms. The van der Waals surface area contributed by atoms with Crippen molar-refractivity contribution in [3.63, 3.8) is 0 Å². The summed E-state index contributed by atoms with van der Waals surface area (Å²) in [6, 6.07) is 1.86. The number of hydrogen-bond donors (Lipinski definition) is 1. The van der Waals surface area contributed by atoms with Gasteiger partial charge in [-0.25, -0.2) is 9.97 Å². The summed E-state index contributed by atoms with van der Waals surface area (Å²) in [4.78, 5) is 13.6. The molecule has 1 saturated heterocycles. The van der Waals surface area contributed by atoms with Gasteiger partial charge in [-0.15, -0.1) is 0 Å². The Morgan fingerprint density at radius 1 is 1.25 bits per heavy atom. The smallest absolute Gasteiger partial charge is 0.225 e. The minimum absolute atomic E-state index is 0.240. The molecule has 0 radical (unpaired) electrons. The SMILES string of the molecule is CC1CCCC1(CN)N1CCN(c2ncccn2)CC1. The summed E-state index contributed by atoms with van der Waals surface area (Å²) in [7, 11) is 0. The standard InChI is InChI=1S/C15H25N5/c1-13-4-2-5-15(13,12-16)20-10-8-19(9-11-20)14-17-6-3-7-18-14/h3,6-7,13H,2,4-5,8-12,16H2,1H3. The van der Waals surface area contributed by atoms with E-state index in [-0.39, 0.29) is 5.54 Å². The molecular formula is C15H25N5. The van der Waals surface area contributed by atoms with Crippen LogP contribution in [-0.4, -0.2) is 53.1 Å². The van der Waals surface area contributed by atoms with Crippen LogP contribution in [0, 0.1) is 5.92 Å². The first kappa shape index (κ1) is 13.8. The average molecular weight is 275 g/mol. The fraction of sp³-hybridized carbons (Fsp3) is 0.733. The molecule has 0 amide bonds. The Bertz CT molecular complexity index is 429. The maximum atomic E-state index is 6.16. The maximum Gasteiger partial charge on any atom is 0.225 e. The molecule has 3 rings (SSSR count). The molecule has 1 aliphatic heterocycles. The lowest BCUT2D eigenvalue weighted by molar-refractivity contribution is 0.0579. The number of nitrogens with zero attached hydrogens (tertiary/aromatic N) is 4. The van der Waals surface area contributed by atoms with E-state index in [1.54, 1.807) is 0 Å². The van der Waals surface area contributed by atoms with Gasteiger partial charge in [-0.2, -0.15) is 0 Å². The minimum Gasteiger partial charge on any atom is -0.338 e. The summed E-state index contributed by atoms with van der Waals surface area (Å²) in [5, 5.41) is 0. The van der Waals surface area contributed by atoms with Gasteiger partial charge in [0, 0.05) is 50.7 Å². The molecule has 2 aliphatic rings. The fourth-order valence-electron chi connectivity index (χ4n) is 3.94. The Labute approximate surface area is 121 Å². The third kappa shape index (κ3) is 2.29. The van der Waals surface area contributed by atoms with Crippen LogP contribution in [0.4, 0.5) is 5.95 Å². The maximum absolute atomic E-state index is 6.16. The van der Waals surface area contributed by atoms with E-state index in [1.165, 1.54) is 19.3 Å². The highest BCUT2D eigenvalue weighted by Crippen LogP contribution is 2.40. The number of nitrogens with two attached hydrogens (primary N) is 1.